The van der Waals surface area contributed by atoms with Crippen molar-refractivity contribution in [3.8, 4) is 22.8 Å². The number of rotatable bonds is 3. The van der Waals surface area contributed by atoms with Crippen LogP contribution in [0, 0.1) is 13.8 Å². The SMILES string of the molecule is COc1cc(-c2cc(C)cc(C)c2)cnc1OC. The molecule has 0 radical (unpaired) electrons. The minimum atomic E-state index is 0.505. The van der Waals surface area contributed by atoms with Crippen LogP contribution in [0.15, 0.2) is 30.5 Å². The van der Waals surface area contributed by atoms with Crippen LogP contribution in [0.1, 0.15) is 11.1 Å². The standard InChI is InChI=1S/C15H17NO2/c1-10-5-11(2)7-12(6-10)13-8-14(17-3)15(18-4)16-9-13/h5-9H,1-4H3. The summed E-state index contributed by atoms with van der Waals surface area (Å²) in [4.78, 5) is 4.26. The molecule has 0 fully saturated rings. The Morgan fingerprint density at radius 1 is 0.833 bits per heavy atom. The first-order chi connectivity index (χ1) is 8.63. The summed E-state index contributed by atoms with van der Waals surface area (Å²) < 4.78 is 10.4. The molecule has 2 rings (SSSR count). The van der Waals surface area contributed by atoms with E-state index < -0.39 is 0 Å². The third-order valence-corrected chi connectivity index (χ3v) is 2.79. The number of benzene rings is 1. The molecule has 3 nitrogen and oxygen atoms in total. The molecule has 0 unspecified atom stereocenters. The van der Waals surface area contributed by atoms with Crippen molar-refractivity contribution in [3.05, 3.63) is 41.6 Å². The summed E-state index contributed by atoms with van der Waals surface area (Å²) in [6, 6.07) is 8.36. The molecule has 0 amide bonds. The molecule has 0 aliphatic carbocycles. The van der Waals surface area contributed by atoms with Crippen molar-refractivity contribution in [2.75, 3.05) is 14.2 Å². The van der Waals surface area contributed by atoms with E-state index in [0.29, 0.717) is 11.6 Å². The summed E-state index contributed by atoms with van der Waals surface area (Å²) in [6.07, 6.45) is 1.80. The molecule has 18 heavy (non-hydrogen) atoms. The zero-order chi connectivity index (χ0) is 13.1. The average Bonchev–Trinajstić information content (AvgIpc) is 2.36. The van der Waals surface area contributed by atoms with Crippen molar-refractivity contribution in [2.45, 2.75) is 13.8 Å². The molecule has 3 heteroatoms. The Morgan fingerprint density at radius 3 is 2.06 bits per heavy atom. The lowest BCUT2D eigenvalue weighted by Crippen LogP contribution is -1.94. The van der Waals surface area contributed by atoms with E-state index >= 15 is 0 Å². The fourth-order valence-electron chi connectivity index (χ4n) is 2.03. The normalized spacial score (nSPS) is 10.2. The van der Waals surface area contributed by atoms with Crippen LogP contribution < -0.4 is 9.47 Å². The Morgan fingerprint density at radius 2 is 1.50 bits per heavy atom. The first-order valence-corrected chi connectivity index (χ1v) is 5.80. The molecule has 1 aromatic heterocycles. The maximum absolute atomic E-state index is 5.27. The van der Waals surface area contributed by atoms with Gasteiger partial charge in [-0.3, -0.25) is 0 Å². The first-order valence-electron chi connectivity index (χ1n) is 5.80. The second kappa shape index (κ2) is 5.08. The number of ether oxygens (including phenoxy) is 2. The van der Waals surface area contributed by atoms with E-state index in [1.807, 2.05) is 6.07 Å². The van der Waals surface area contributed by atoms with Crippen LogP contribution in [0.4, 0.5) is 0 Å². The molecule has 0 aliphatic heterocycles. The van der Waals surface area contributed by atoms with E-state index in [1.165, 1.54) is 11.1 Å². The molecule has 0 saturated carbocycles. The average molecular weight is 243 g/mol. The van der Waals surface area contributed by atoms with E-state index in [1.54, 1.807) is 20.4 Å². The third kappa shape index (κ3) is 2.45. The summed E-state index contributed by atoms with van der Waals surface area (Å²) in [6.45, 7) is 4.18. The van der Waals surface area contributed by atoms with Gasteiger partial charge in [-0.2, -0.15) is 0 Å². The van der Waals surface area contributed by atoms with E-state index in [-0.39, 0.29) is 0 Å². The topological polar surface area (TPSA) is 31.4 Å². The molecule has 94 valence electrons. The highest BCUT2D eigenvalue weighted by molar-refractivity contribution is 5.66. The lowest BCUT2D eigenvalue weighted by Gasteiger charge is -2.09. The van der Waals surface area contributed by atoms with E-state index in [2.05, 4.69) is 37.0 Å². The maximum atomic E-state index is 5.27. The fourth-order valence-corrected chi connectivity index (χ4v) is 2.03. The van der Waals surface area contributed by atoms with E-state index in [4.69, 9.17) is 9.47 Å². The molecule has 0 spiro atoms. The number of methoxy groups -OCH3 is 2. The lowest BCUT2D eigenvalue weighted by molar-refractivity contribution is 0.343. The lowest BCUT2D eigenvalue weighted by atomic mass is 10.0. The van der Waals surface area contributed by atoms with Gasteiger partial charge in [0.15, 0.2) is 5.75 Å². The highest BCUT2D eigenvalue weighted by Gasteiger charge is 2.08. The van der Waals surface area contributed by atoms with Crippen LogP contribution in [0.2, 0.25) is 0 Å². The Balaban J connectivity index is 2.50. The number of aromatic nitrogens is 1. The summed E-state index contributed by atoms with van der Waals surface area (Å²) in [7, 11) is 3.20. The Labute approximate surface area is 107 Å². The van der Waals surface area contributed by atoms with Gasteiger partial charge in [-0.05, 0) is 25.5 Å². The van der Waals surface area contributed by atoms with Crippen molar-refractivity contribution in [3.63, 3.8) is 0 Å². The minimum absolute atomic E-state index is 0.505. The van der Waals surface area contributed by atoms with Gasteiger partial charge in [-0.15, -0.1) is 0 Å². The summed E-state index contributed by atoms with van der Waals surface area (Å²) >= 11 is 0. The van der Waals surface area contributed by atoms with Crippen LogP contribution in [0.5, 0.6) is 11.6 Å². The zero-order valence-electron chi connectivity index (χ0n) is 11.2. The quantitative estimate of drug-likeness (QED) is 0.828. The van der Waals surface area contributed by atoms with Crippen molar-refractivity contribution >= 4 is 0 Å². The van der Waals surface area contributed by atoms with Gasteiger partial charge in [-0.1, -0.05) is 29.3 Å². The van der Waals surface area contributed by atoms with Crippen molar-refractivity contribution in [1.29, 1.82) is 0 Å². The Bertz CT molecular complexity index is 544. The molecule has 0 N–H and O–H groups in total. The molecule has 0 atom stereocenters. The van der Waals surface area contributed by atoms with Crippen LogP contribution in [0.3, 0.4) is 0 Å². The van der Waals surface area contributed by atoms with Crippen LogP contribution in [0.25, 0.3) is 11.1 Å². The number of nitrogens with zero attached hydrogens (tertiary/aromatic N) is 1. The summed E-state index contributed by atoms with van der Waals surface area (Å²) in [5.41, 5.74) is 4.64. The molecular weight excluding hydrogens is 226 g/mol. The number of pyridine rings is 1. The van der Waals surface area contributed by atoms with Crippen LogP contribution in [-0.2, 0) is 0 Å². The largest absolute Gasteiger partial charge is 0.491 e. The van der Waals surface area contributed by atoms with Gasteiger partial charge in [0.05, 0.1) is 14.2 Å². The second-order valence-electron chi connectivity index (χ2n) is 4.31. The van der Waals surface area contributed by atoms with Crippen molar-refractivity contribution in [2.24, 2.45) is 0 Å². The fraction of sp³-hybridized carbons (Fsp3) is 0.267. The van der Waals surface area contributed by atoms with Crippen molar-refractivity contribution < 1.29 is 9.47 Å². The highest BCUT2D eigenvalue weighted by atomic mass is 16.5. The van der Waals surface area contributed by atoms with Gasteiger partial charge in [0.25, 0.3) is 5.88 Å². The maximum Gasteiger partial charge on any atom is 0.256 e. The first kappa shape index (κ1) is 12.4. The number of hydrogen-bond donors (Lipinski definition) is 0. The monoisotopic (exact) mass is 243 g/mol. The molecule has 1 heterocycles. The molecule has 1 aromatic carbocycles. The van der Waals surface area contributed by atoms with Crippen LogP contribution in [-0.4, -0.2) is 19.2 Å². The highest BCUT2D eigenvalue weighted by Crippen LogP contribution is 2.30. The van der Waals surface area contributed by atoms with Gasteiger partial charge in [-0.25, -0.2) is 4.98 Å². The van der Waals surface area contributed by atoms with Gasteiger partial charge in [0.2, 0.25) is 0 Å². The number of hydrogen-bond acceptors (Lipinski definition) is 3. The molecule has 0 saturated heterocycles. The smallest absolute Gasteiger partial charge is 0.256 e. The van der Waals surface area contributed by atoms with E-state index in [9.17, 15) is 0 Å². The van der Waals surface area contributed by atoms with Gasteiger partial charge < -0.3 is 9.47 Å². The zero-order valence-corrected chi connectivity index (χ0v) is 11.2. The minimum Gasteiger partial charge on any atom is -0.491 e. The summed E-state index contributed by atoms with van der Waals surface area (Å²) in [5, 5.41) is 0. The molecule has 2 aromatic rings. The Kier molecular flexibility index (Phi) is 3.51. The van der Waals surface area contributed by atoms with Gasteiger partial charge >= 0.3 is 0 Å². The van der Waals surface area contributed by atoms with Crippen molar-refractivity contribution in [1.82, 2.24) is 4.98 Å². The second-order valence-corrected chi connectivity index (χ2v) is 4.31. The predicted octanol–water partition coefficient (Wildman–Crippen LogP) is 3.38. The predicted molar refractivity (Wildman–Crippen MR) is 72.3 cm³/mol. The third-order valence-electron chi connectivity index (χ3n) is 2.79. The molecule has 0 aliphatic rings. The van der Waals surface area contributed by atoms with E-state index in [0.717, 1.165) is 11.1 Å². The Hall–Kier alpha value is -2.03. The number of aryl methyl sites for hydroxylation is 2. The van der Waals surface area contributed by atoms with Crippen LogP contribution >= 0.6 is 0 Å². The van der Waals surface area contributed by atoms with Gasteiger partial charge in [0.1, 0.15) is 0 Å². The summed E-state index contributed by atoms with van der Waals surface area (Å²) in [5.74, 6) is 1.15. The van der Waals surface area contributed by atoms with Gasteiger partial charge in [0, 0.05) is 11.8 Å². The molecule has 0 bridgehead atoms. The molecular formula is C15H17NO2.